The predicted molar refractivity (Wildman–Crippen MR) is 81.8 cm³/mol. The average Bonchev–Trinajstić information content (AvgIpc) is 3.09. The summed E-state index contributed by atoms with van der Waals surface area (Å²) in [6.07, 6.45) is 0. The third-order valence-electron chi connectivity index (χ3n) is 3.46. The first-order valence-corrected chi connectivity index (χ1v) is 6.29. The number of hydrogen-bond acceptors (Lipinski definition) is 1. The van der Waals surface area contributed by atoms with Crippen LogP contribution >= 0.6 is 0 Å². The van der Waals surface area contributed by atoms with Crippen molar-refractivity contribution in [2.24, 2.45) is 0 Å². The maximum absolute atomic E-state index is 7.07. The Kier molecular flexibility index (Phi) is 2.15. The van der Waals surface area contributed by atoms with E-state index in [1.165, 1.54) is 0 Å². The van der Waals surface area contributed by atoms with E-state index < -0.39 is 0 Å². The molecule has 0 aliphatic carbocycles. The first-order chi connectivity index (χ1) is 9.85. The van der Waals surface area contributed by atoms with Crippen molar-refractivity contribution in [1.29, 1.82) is 0 Å². The van der Waals surface area contributed by atoms with E-state index in [2.05, 4.69) is 20.0 Å². The van der Waals surface area contributed by atoms with Crippen LogP contribution in [0.3, 0.4) is 0 Å². The van der Waals surface area contributed by atoms with E-state index in [4.69, 9.17) is 6.57 Å². The van der Waals surface area contributed by atoms with Crippen molar-refractivity contribution < 1.29 is 1.43 Å². The Hall–Kier alpha value is -3.06. The lowest BCUT2D eigenvalue weighted by Gasteiger charge is -1.92. The minimum Gasteiger partial charge on any atom is -0.353 e. The summed E-state index contributed by atoms with van der Waals surface area (Å²) in [6, 6.07) is 15.7. The zero-order valence-electron chi connectivity index (χ0n) is 10.5. The van der Waals surface area contributed by atoms with Crippen molar-refractivity contribution in [1.82, 2.24) is 15.2 Å². The Labute approximate surface area is 116 Å². The third kappa shape index (κ3) is 1.50. The van der Waals surface area contributed by atoms with E-state index in [0.717, 1.165) is 33.2 Å². The van der Waals surface area contributed by atoms with E-state index in [1.54, 1.807) is 0 Å². The molecule has 0 saturated carbocycles. The van der Waals surface area contributed by atoms with Crippen LogP contribution in [-0.4, -0.2) is 15.2 Å². The second-order valence-electron chi connectivity index (χ2n) is 4.68. The van der Waals surface area contributed by atoms with Crippen LogP contribution in [-0.2, 0) is 0 Å². The number of H-pyrrole nitrogens is 2. The van der Waals surface area contributed by atoms with Crippen molar-refractivity contribution in [3.8, 4) is 11.4 Å². The molecular weight excluding hydrogens is 248 g/mol. The lowest BCUT2D eigenvalue weighted by molar-refractivity contribution is 1.12. The van der Waals surface area contributed by atoms with Crippen molar-refractivity contribution in [2.45, 2.75) is 0 Å². The Morgan fingerprint density at radius 2 is 1.95 bits per heavy atom. The summed E-state index contributed by atoms with van der Waals surface area (Å²) < 4.78 is 0. The van der Waals surface area contributed by atoms with Gasteiger partial charge in [-0.3, -0.25) is 5.10 Å². The van der Waals surface area contributed by atoms with Gasteiger partial charge in [0.25, 0.3) is 0 Å². The molecule has 0 fully saturated rings. The molecule has 2 aromatic carbocycles. The van der Waals surface area contributed by atoms with Crippen LogP contribution in [0.4, 0.5) is 5.69 Å². The quantitative estimate of drug-likeness (QED) is 0.486. The second-order valence-corrected chi connectivity index (χ2v) is 4.68. The van der Waals surface area contributed by atoms with E-state index in [1.807, 2.05) is 48.5 Å². The van der Waals surface area contributed by atoms with Gasteiger partial charge in [0.15, 0.2) is 5.69 Å². The van der Waals surface area contributed by atoms with Crippen molar-refractivity contribution in [3.63, 3.8) is 0 Å². The van der Waals surface area contributed by atoms with Gasteiger partial charge in [-0.05, 0) is 29.7 Å². The Bertz CT molecular complexity index is 975. The molecule has 0 amide bonds. The second kappa shape index (κ2) is 3.97. The summed E-state index contributed by atoms with van der Waals surface area (Å²) in [7, 11) is 0. The maximum Gasteiger partial charge on any atom is 0.187 e. The molecular formula is C16H12N4. The molecule has 0 saturated heterocycles. The highest BCUT2D eigenvalue weighted by molar-refractivity contribution is 5.96. The molecule has 2 N–H and O–H groups in total. The zero-order chi connectivity index (χ0) is 13.5. The molecule has 0 atom stereocenters. The first kappa shape index (κ1) is 10.8. The van der Waals surface area contributed by atoms with Gasteiger partial charge in [-0.15, -0.1) is 0 Å². The minimum atomic E-state index is 0. The molecule has 0 aliphatic rings. The fourth-order valence-corrected chi connectivity index (χ4v) is 2.49. The number of rotatable bonds is 1. The van der Waals surface area contributed by atoms with Crippen molar-refractivity contribution in [3.05, 3.63) is 59.9 Å². The Balaban J connectivity index is 0.00000132. The van der Waals surface area contributed by atoms with E-state index >= 15 is 0 Å². The molecule has 4 aromatic rings. The average molecular weight is 260 g/mol. The van der Waals surface area contributed by atoms with Crippen molar-refractivity contribution in [2.75, 3.05) is 0 Å². The van der Waals surface area contributed by atoms with Crippen LogP contribution in [0.15, 0.2) is 48.5 Å². The lowest BCUT2D eigenvalue weighted by Crippen LogP contribution is -1.77. The number of aromatic amines is 2. The predicted octanol–water partition coefficient (Wildman–Crippen LogP) is 4.51. The molecule has 0 spiro atoms. The molecule has 2 aromatic heterocycles. The molecule has 4 heteroatoms. The molecule has 0 bridgehead atoms. The standard InChI is InChI=1S/C16H10N4.H2/c1-17-11-6-7-13-10(8-11)9-15(18-13)16-12-4-2-3-5-14(12)19-20-16;/h2-9,18H,(H,19,20);1H. The number of nitrogens with one attached hydrogen (secondary N) is 2. The number of fused-ring (bicyclic) bond motifs is 2. The van der Waals surface area contributed by atoms with E-state index in [-0.39, 0.29) is 1.43 Å². The van der Waals surface area contributed by atoms with Gasteiger partial charge in [-0.2, -0.15) is 5.10 Å². The number of hydrogen-bond donors (Lipinski definition) is 2. The van der Waals surface area contributed by atoms with E-state index in [9.17, 15) is 0 Å². The molecule has 0 unspecified atom stereocenters. The smallest absolute Gasteiger partial charge is 0.187 e. The Morgan fingerprint density at radius 3 is 2.85 bits per heavy atom. The molecule has 4 rings (SSSR count). The molecule has 96 valence electrons. The highest BCUT2D eigenvalue weighted by Gasteiger charge is 2.10. The van der Waals surface area contributed by atoms with Crippen LogP contribution in [0, 0.1) is 6.57 Å². The highest BCUT2D eigenvalue weighted by atomic mass is 15.1. The maximum atomic E-state index is 7.07. The molecule has 2 heterocycles. The van der Waals surface area contributed by atoms with Gasteiger partial charge in [0.05, 0.1) is 17.8 Å². The van der Waals surface area contributed by atoms with Gasteiger partial charge in [0.1, 0.15) is 5.69 Å². The van der Waals surface area contributed by atoms with Crippen LogP contribution in [0.25, 0.3) is 38.0 Å². The third-order valence-corrected chi connectivity index (χ3v) is 3.46. The summed E-state index contributed by atoms with van der Waals surface area (Å²) >= 11 is 0. The SMILES string of the molecule is [C-]#[N+]c1ccc2[nH]c(-c3n[nH]c4ccccc34)cc2c1.[HH]. The number of benzene rings is 2. The Morgan fingerprint density at radius 1 is 1.05 bits per heavy atom. The largest absolute Gasteiger partial charge is 0.353 e. The van der Waals surface area contributed by atoms with Crippen LogP contribution in [0.5, 0.6) is 0 Å². The summed E-state index contributed by atoms with van der Waals surface area (Å²) in [5.74, 6) is 0. The number of nitrogens with zero attached hydrogens (tertiary/aromatic N) is 2. The fourth-order valence-electron chi connectivity index (χ4n) is 2.49. The summed E-state index contributed by atoms with van der Waals surface area (Å²) in [5, 5.41) is 9.54. The first-order valence-electron chi connectivity index (χ1n) is 6.29. The van der Waals surface area contributed by atoms with Crippen LogP contribution in [0.2, 0.25) is 0 Å². The molecule has 4 nitrogen and oxygen atoms in total. The van der Waals surface area contributed by atoms with Gasteiger partial charge in [0.2, 0.25) is 0 Å². The van der Waals surface area contributed by atoms with Gasteiger partial charge in [-0.25, -0.2) is 4.85 Å². The molecule has 0 aliphatic heterocycles. The number of para-hydroxylation sites is 1. The summed E-state index contributed by atoms with van der Waals surface area (Å²) in [4.78, 5) is 6.81. The van der Waals surface area contributed by atoms with E-state index in [0.29, 0.717) is 5.69 Å². The van der Waals surface area contributed by atoms with Crippen LogP contribution in [0.1, 0.15) is 1.43 Å². The monoisotopic (exact) mass is 260 g/mol. The minimum absolute atomic E-state index is 0. The zero-order valence-corrected chi connectivity index (χ0v) is 10.5. The summed E-state index contributed by atoms with van der Waals surface area (Å²) in [6.45, 7) is 7.07. The highest BCUT2D eigenvalue weighted by Crippen LogP contribution is 2.30. The number of aromatic nitrogens is 3. The molecule has 20 heavy (non-hydrogen) atoms. The van der Waals surface area contributed by atoms with Gasteiger partial charge >= 0.3 is 0 Å². The lowest BCUT2D eigenvalue weighted by atomic mass is 10.1. The molecule has 0 radical (unpaired) electrons. The van der Waals surface area contributed by atoms with Gasteiger partial charge in [0, 0.05) is 12.3 Å². The van der Waals surface area contributed by atoms with Gasteiger partial charge in [-0.1, -0.05) is 24.3 Å². The van der Waals surface area contributed by atoms with Crippen molar-refractivity contribution >= 4 is 27.5 Å². The fraction of sp³-hybridized carbons (Fsp3) is 0. The van der Waals surface area contributed by atoms with Crippen LogP contribution < -0.4 is 0 Å². The normalized spacial score (nSPS) is 10.9. The topological polar surface area (TPSA) is 48.8 Å². The summed E-state index contributed by atoms with van der Waals surface area (Å²) in [5.41, 5.74) is 4.54. The van der Waals surface area contributed by atoms with Gasteiger partial charge < -0.3 is 4.98 Å².